The van der Waals surface area contributed by atoms with Crippen molar-refractivity contribution in [3.63, 3.8) is 0 Å². The van der Waals surface area contributed by atoms with E-state index in [0.29, 0.717) is 18.6 Å². The highest BCUT2D eigenvalue weighted by atomic mass is 35.5. The number of unbranched alkanes of at least 4 members (excludes halogenated alkanes) is 11. The molecule has 0 saturated carbocycles. The van der Waals surface area contributed by atoms with Gasteiger partial charge in [-0.3, -0.25) is 9.69 Å². The molecule has 1 aliphatic heterocycles. The first-order valence-corrected chi connectivity index (χ1v) is 21.8. The molecule has 2 aromatic rings. The second kappa shape index (κ2) is 29.2. The number of benzene rings is 1. The molecule has 0 spiro atoms. The summed E-state index contributed by atoms with van der Waals surface area (Å²) < 4.78 is 30.7. The van der Waals surface area contributed by atoms with Crippen molar-refractivity contribution in [1.29, 1.82) is 0 Å². The smallest absolute Gasteiger partial charge is 0.415 e. The zero-order chi connectivity index (χ0) is 42.1. The third kappa shape index (κ3) is 16.8. The Morgan fingerprint density at radius 2 is 1.37 bits per heavy atom. The first-order chi connectivity index (χ1) is 28.2. The molecular weight excluding hydrogens is 776 g/mol. The van der Waals surface area contributed by atoms with Gasteiger partial charge in [0.15, 0.2) is 18.5 Å². The molecule has 3 rings (SSSR count). The minimum Gasteiger partial charge on any atom is -1.00 e. The van der Waals surface area contributed by atoms with Gasteiger partial charge >= 0.3 is 18.2 Å². The molecule has 2 heterocycles. The van der Waals surface area contributed by atoms with Gasteiger partial charge in [0.25, 0.3) is 12.2 Å². The van der Waals surface area contributed by atoms with Gasteiger partial charge in [-0.15, -0.1) is 0 Å². The van der Waals surface area contributed by atoms with Crippen LogP contribution in [0.2, 0.25) is 0 Å². The van der Waals surface area contributed by atoms with E-state index in [9.17, 15) is 19.2 Å². The molecule has 1 fully saturated rings. The Morgan fingerprint density at radius 3 is 1.98 bits per heavy atom. The zero-order valence-corrected chi connectivity index (χ0v) is 37.2. The number of esters is 1. The number of hydrogen-bond acceptors (Lipinski definition) is 9. The summed E-state index contributed by atoms with van der Waals surface area (Å²) in [6, 6.07) is 11.2. The van der Waals surface area contributed by atoms with E-state index < -0.39 is 42.6 Å². The maximum Gasteiger partial charge on any atom is 0.415 e. The maximum atomic E-state index is 14.3. The molecule has 3 amide bonds. The van der Waals surface area contributed by atoms with Gasteiger partial charge in [0, 0.05) is 38.8 Å². The number of para-hydroxylation sites is 1. The van der Waals surface area contributed by atoms with Gasteiger partial charge in [-0.2, -0.15) is 0 Å². The zero-order valence-electron chi connectivity index (χ0n) is 36.5. The molecular formula is C45H71ClN4O9. The third-order valence-electron chi connectivity index (χ3n) is 10.7. The molecule has 14 heteroatoms. The third-order valence-corrected chi connectivity index (χ3v) is 10.7. The fourth-order valence-electron chi connectivity index (χ4n) is 7.41. The van der Waals surface area contributed by atoms with Crippen LogP contribution in [-0.4, -0.2) is 85.8 Å². The van der Waals surface area contributed by atoms with Crippen LogP contribution in [0.25, 0.3) is 0 Å². The average molecular weight is 848 g/mol. The highest BCUT2D eigenvalue weighted by Crippen LogP contribution is 2.28. The van der Waals surface area contributed by atoms with Crippen LogP contribution in [0.4, 0.5) is 9.59 Å². The van der Waals surface area contributed by atoms with Gasteiger partial charge in [-0.05, 0) is 38.3 Å². The number of carbonyl (C=O) groups excluding carboxylic acids is 4. The summed E-state index contributed by atoms with van der Waals surface area (Å²) in [5.41, 5.74) is 1.14. The molecule has 0 bridgehead atoms. The number of alkyl carbamates (subject to hydrolysis) is 1. The number of nitrogens with one attached hydrogen (secondary N) is 1. The number of aromatic nitrogens is 1. The number of nitrogens with zero attached hydrogens (tertiary/aromatic N) is 3. The molecule has 1 aromatic heterocycles. The molecule has 0 radical (unpaired) electrons. The van der Waals surface area contributed by atoms with Crippen LogP contribution in [-0.2, 0) is 36.8 Å². The first kappa shape index (κ1) is 51.0. The number of piperazine rings is 1. The van der Waals surface area contributed by atoms with Crippen LogP contribution in [0.3, 0.4) is 0 Å². The molecule has 13 nitrogen and oxygen atoms in total. The van der Waals surface area contributed by atoms with Crippen LogP contribution < -0.4 is 27.0 Å². The predicted molar refractivity (Wildman–Crippen MR) is 222 cm³/mol. The fourth-order valence-corrected chi connectivity index (χ4v) is 7.41. The number of amides is 3. The Morgan fingerprint density at radius 1 is 0.746 bits per heavy atom. The van der Waals surface area contributed by atoms with Crippen LogP contribution >= 0.6 is 0 Å². The normalized spacial score (nSPS) is 16.0. The summed E-state index contributed by atoms with van der Waals surface area (Å²) >= 11 is 0. The van der Waals surface area contributed by atoms with Gasteiger partial charge in [-0.1, -0.05) is 116 Å². The average Bonchev–Trinajstić information content (AvgIpc) is 3.24. The molecule has 1 saturated heterocycles. The van der Waals surface area contributed by atoms with Gasteiger partial charge in [-0.25, -0.2) is 19.0 Å². The SMILES string of the molecule is CCCCCCCCCCCCCCC(CCC)OC(=O)C1C(OC)N(C(=O)OC(CC)OC(=O)NCc2cccc[n+]2CC)CCN1C(=O)c1ccccc1OC.[Cl-]. The standard InChI is InChI=1S/C45H70N4O9.ClH/c1-7-11-12-13-14-15-16-17-18-19-20-21-28-36(26-8-2)56-43(51)40-42(55-6)49(33-32-48(40)41(50)37-29-22-23-30-38(37)54-5)45(53)58-39(9-3)57-44(52)46-34-35-27-24-25-31-47(35)10-4;/h22-25,27,29-31,36,39-40,42H,7-21,26,28,32-34H2,1-6H3;1H. The summed E-state index contributed by atoms with van der Waals surface area (Å²) in [6.07, 6.45) is 14.6. The molecule has 59 heavy (non-hydrogen) atoms. The second-order valence-corrected chi connectivity index (χ2v) is 14.9. The van der Waals surface area contributed by atoms with Crippen LogP contribution in [0.1, 0.15) is 146 Å². The highest BCUT2D eigenvalue weighted by molar-refractivity contribution is 5.99. The van der Waals surface area contributed by atoms with Crippen molar-refractivity contribution >= 4 is 24.1 Å². The van der Waals surface area contributed by atoms with Crippen molar-refractivity contribution < 1.29 is 59.8 Å². The van der Waals surface area contributed by atoms with Crippen molar-refractivity contribution in [1.82, 2.24) is 15.1 Å². The lowest BCUT2D eigenvalue weighted by atomic mass is 10.0. The lowest BCUT2D eigenvalue weighted by molar-refractivity contribution is -0.701. The number of halogens is 1. The minimum absolute atomic E-state index is 0. The van der Waals surface area contributed by atoms with Gasteiger partial charge in [0.1, 0.15) is 24.9 Å². The molecule has 0 aliphatic carbocycles. The molecule has 4 unspecified atom stereocenters. The van der Waals surface area contributed by atoms with Gasteiger partial charge < -0.3 is 46.3 Å². The molecule has 1 N–H and O–H groups in total. The number of ether oxygens (including phenoxy) is 5. The largest absolute Gasteiger partial charge is 1.00 e. The van der Waals surface area contributed by atoms with Crippen molar-refractivity contribution in [2.75, 3.05) is 27.3 Å². The minimum atomic E-state index is -1.31. The Hall–Kier alpha value is -4.10. The summed E-state index contributed by atoms with van der Waals surface area (Å²) in [5, 5.41) is 2.72. The van der Waals surface area contributed by atoms with Gasteiger partial charge in [0.2, 0.25) is 5.69 Å². The van der Waals surface area contributed by atoms with Crippen LogP contribution in [0.5, 0.6) is 5.75 Å². The van der Waals surface area contributed by atoms with E-state index in [1.165, 1.54) is 81.8 Å². The van der Waals surface area contributed by atoms with E-state index in [0.717, 1.165) is 37.9 Å². The number of hydrogen-bond donors (Lipinski definition) is 1. The molecule has 4 atom stereocenters. The Labute approximate surface area is 359 Å². The summed E-state index contributed by atoms with van der Waals surface area (Å²) in [4.78, 5) is 57.7. The lowest BCUT2D eigenvalue weighted by Crippen LogP contribution is -3.00. The van der Waals surface area contributed by atoms with Crippen molar-refractivity contribution in [2.45, 2.75) is 168 Å². The van der Waals surface area contributed by atoms with E-state index in [2.05, 4.69) is 12.2 Å². The number of aryl methyl sites for hydroxylation is 1. The van der Waals surface area contributed by atoms with E-state index in [-0.39, 0.29) is 50.1 Å². The highest BCUT2D eigenvalue weighted by Gasteiger charge is 2.48. The summed E-state index contributed by atoms with van der Waals surface area (Å²) in [6.45, 7) is 8.92. The monoisotopic (exact) mass is 846 g/mol. The van der Waals surface area contributed by atoms with Crippen molar-refractivity contribution in [3.05, 3.63) is 59.9 Å². The van der Waals surface area contributed by atoms with E-state index in [1.54, 1.807) is 31.2 Å². The maximum absolute atomic E-state index is 14.3. The van der Waals surface area contributed by atoms with Crippen LogP contribution in [0, 0.1) is 0 Å². The number of pyridine rings is 1. The van der Waals surface area contributed by atoms with Gasteiger partial charge in [0.05, 0.1) is 12.7 Å². The number of carbonyl (C=O) groups is 4. The van der Waals surface area contributed by atoms with E-state index >= 15 is 0 Å². The second-order valence-electron chi connectivity index (χ2n) is 14.9. The Balaban J connectivity index is 0.0000120. The van der Waals surface area contributed by atoms with Crippen molar-refractivity contribution in [3.8, 4) is 5.75 Å². The van der Waals surface area contributed by atoms with Crippen molar-refractivity contribution in [2.24, 2.45) is 0 Å². The molecule has 332 valence electrons. The topological polar surface area (TPSA) is 137 Å². The quantitative estimate of drug-likeness (QED) is 0.0547. The lowest BCUT2D eigenvalue weighted by Gasteiger charge is -2.45. The predicted octanol–water partition coefficient (Wildman–Crippen LogP) is 5.71. The molecule has 1 aliphatic rings. The molecule has 1 aromatic carbocycles. The van der Waals surface area contributed by atoms with E-state index in [4.69, 9.17) is 23.7 Å². The Bertz CT molecular complexity index is 1530. The Kier molecular flexibility index (Phi) is 25.2. The first-order valence-electron chi connectivity index (χ1n) is 21.8. The number of rotatable bonds is 26. The summed E-state index contributed by atoms with van der Waals surface area (Å²) in [7, 11) is 2.84. The van der Waals surface area contributed by atoms with E-state index in [1.807, 2.05) is 42.8 Å². The summed E-state index contributed by atoms with van der Waals surface area (Å²) in [5.74, 6) is -0.779. The van der Waals surface area contributed by atoms with Crippen LogP contribution in [0.15, 0.2) is 48.7 Å². The fraction of sp³-hybridized carbons (Fsp3) is 0.667. The number of methoxy groups -OCH3 is 2.